The summed E-state index contributed by atoms with van der Waals surface area (Å²) in [5, 5.41) is -0.0482. The molecule has 2 fully saturated rings. The molecule has 146 valence electrons. The van der Waals surface area contributed by atoms with Gasteiger partial charge in [0.1, 0.15) is 0 Å². The van der Waals surface area contributed by atoms with Gasteiger partial charge in [-0.05, 0) is 48.9 Å². The summed E-state index contributed by atoms with van der Waals surface area (Å²) < 4.78 is 39.3. The van der Waals surface area contributed by atoms with Crippen LogP contribution in [0.1, 0.15) is 36.3 Å². The minimum Gasteiger partial charge on any atom is -0.274 e. The second-order valence-electron chi connectivity index (χ2n) is 7.31. The molecule has 2 aromatic rings. The second kappa shape index (κ2) is 6.92. The van der Waals surface area contributed by atoms with Crippen molar-refractivity contribution in [2.45, 2.75) is 31.4 Å². The molecule has 2 aliphatic rings. The smallest absolute Gasteiger partial charge is 0.274 e. The number of anilines is 1. The lowest BCUT2D eigenvalue weighted by atomic mass is 9.73. The molecule has 0 N–H and O–H groups in total. The molecule has 4 rings (SSSR count). The third-order valence-electron chi connectivity index (χ3n) is 5.71. The van der Waals surface area contributed by atoms with E-state index in [4.69, 9.17) is 11.6 Å². The predicted octanol–water partition coefficient (Wildman–Crippen LogP) is 5.43. The van der Waals surface area contributed by atoms with Crippen LogP contribution >= 0.6 is 11.6 Å². The highest BCUT2D eigenvalue weighted by molar-refractivity contribution is 6.36. The molecule has 1 saturated heterocycles. The highest BCUT2D eigenvalue weighted by Gasteiger charge is 2.51. The molecule has 7 heteroatoms. The van der Waals surface area contributed by atoms with E-state index in [1.807, 2.05) is 30.3 Å². The van der Waals surface area contributed by atoms with Gasteiger partial charge in [-0.3, -0.25) is 9.59 Å². The lowest BCUT2D eigenvalue weighted by Gasteiger charge is -2.28. The van der Waals surface area contributed by atoms with Crippen molar-refractivity contribution < 1.29 is 22.8 Å². The molecule has 1 heterocycles. The Labute approximate surface area is 165 Å². The molecule has 0 spiro atoms. The van der Waals surface area contributed by atoms with E-state index >= 15 is 0 Å². The van der Waals surface area contributed by atoms with Crippen molar-refractivity contribution in [3.63, 3.8) is 0 Å². The normalized spacial score (nSPS) is 25.1. The van der Waals surface area contributed by atoms with E-state index in [0.717, 1.165) is 35.1 Å². The Morgan fingerprint density at radius 1 is 0.929 bits per heavy atom. The molecular weight excluding hydrogens is 391 g/mol. The van der Waals surface area contributed by atoms with Crippen LogP contribution in [0, 0.1) is 11.8 Å². The zero-order valence-electron chi connectivity index (χ0n) is 14.7. The van der Waals surface area contributed by atoms with Crippen molar-refractivity contribution in [3.8, 4) is 0 Å². The Morgan fingerprint density at radius 2 is 1.61 bits per heavy atom. The molecule has 28 heavy (non-hydrogen) atoms. The number of carbonyl (C=O) groups excluding carboxylic acids is 2. The lowest BCUT2D eigenvalue weighted by Crippen LogP contribution is -2.31. The van der Waals surface area contributed by atoms with Crippen molar-refractivity contribution in [3.05, 3.63) is 64.7 Å². The van der Waals surface area contributed by atoms with E-state index in [1.54, 1.807) is 0 Å². The monoisotopic (exact) mass is 407 g/mol. The number of fused-ring (bicyclic) bond motifs is 1. The van der Waals surface area contributed by atoms with Gasteiger partial charge < -0.3 is 0 Å². The molecule has 0 bridgehead atoms. The molecule has 1 saturated carbocycles. The number of benzene rings is 2. The number of nitrogens with zero attached hydrogens (tertiary/aromatic N) is 1. The quantitative estimate of drug-likeness (QED) is 0.622. The van der Waals surface area contributed by atoms with Gasteiger partial charge in [0.05, 0.1) is 28.1 Å². The second-order valence-corrected chi connectivity index (χ2v) is 7.72. The molecule has 1 aliphatic heterocycles. The maximum Gasteiger partial charge on any atom is 0.416 e. The van der Waals surface area contributed by atoms with Crippen molar-refractivity contribution >= 4 is 29.1 Å². The Hall–Kier alpha value is -2.34. The van der Waals surface area contributed by atoms with Crippen LogP contribution < -0.4 is 4.90 Å². The fraction of sp³-hybridized carbons (Fsp3) is 0.333. The molecule has 3 nitrogen and oxygen atoms in total. The Kier molecular flexibility index (Phi) is 4.70. The number of rotatable bonds is 2. The number of amides is 2. The molecule has 0 unspecified atom stereocenters. The first kappa shape index (κ1) is 19.0. The van der Waals surface area contributed by atoms with E-state index in [1.165, 1.54) is 0 Å². The zero-order chi connectivity index (χ0) is 20.1. The number of hydrogen-bond donors (Lipinski definition) is 0. The van der Waals surface area contributed by atoms with E-state index in [9.17, 15) is 22.8 Å². The first-order valence-electron chi connectivity index (χ1n) is 9.07. The summed E-state index contributed by atoms with van der Waals surface area (Å²) in [7, 11) is 0. The first-order valence-corrected chi connectivity index (χ1v) is 9.44. The van der Waals surface area contributed by atoms with Crippen molar-refractivity contribution in [2.24, 2.45) is 11.8 Å². The Balaban J connectivity index is 1.65. The third kappa shape index (κ3) is 3.20. The molecule has 0 radical (unpaired) electrons. The van der Waals surface area contributed by atoms with Crippen LogP contribution in [0.5, 0.6) is 0 Å². The van der Waals surface area contributed by atoms with Crippen molar-refractivity contribution in [2.75, 3.05) is 4.90 Å². The van der Waals surface area contributed by atoms with Gasteiger partial charge in [0.15, 0.2) is 0 Å². The summed E-state index contributed by atoms with van der Waals surface area (Å²) in [6.45, 7) is 0. The highest BCUT2D eigenvalue weighted by atomic mass is 35.5. The van der Waals surface area contributed by atoms with E-state index in [2.05, 4.69) is 0 Å². The van der Waals surface area contributed by atoms with Gasteiger partial charge in [0.2, 0.25) is 11.8 Å². The minimum absolute atomic E-state index is 0.0482. The SMILES string of the molecule is O=C1[C@H]2C[C@H](c3ccccc3)CC[C@H]2C(=O)N1c1cc(C(F)(F)F)ccc1Cl. The van der Waals surface area contributed by atoms with Crippen LogP contribution in [0.15, 0.2) is 48.5 Å². The van der Waals surface area contributed by atoms with Gasteiger partial charge in [0, 0.05) is 0 Å². The first-order chi connectivity index (χ1) is 13.3. The lowest BCUT2D eigenvalue weighted by molar-refractivity contribution is -0.137. The molecule has 2 amide bonds. The Morgan fingerprint density at radius 3 is 2.29 bits per heavy atom. The van der Waals surface area contributed by atoms with Crippen molar-refractivity contribution in [1.29, 1.82) is 0 Å². The van der Waals surface area contributed by atoms with Gasteiger partial charge in [0.25, 0.3) is 0 Å². The van der Waals surface area contributed by atoms with Crippen molar-refractivity contribution in [1.82, 2.24) is 0 Å². The summed E-state index contributed by atoms with van der Waals surface area (Å²) in [4.78, 5) is 26.7. The average Bonchev–Trinajstić information content (AvgIpc) is 2.92. The summed E-state index contributed by atoms with van der Waals surface area (Å²) in [5.41, 5.74) is -0.0153. The number of imide groups is 1. The minimum atomic E-state index is -4.59. The maximum atomic E-state index is 13.1. The molecule has 1 aliphatic carbocycles. The number of alkyl halides is 3. The highest BCUT2D eigenvalue weighted by Crippen LogP contribution is 2.47. The summed E-state index contributed by atoms with van der Waals surface area (Å²) in [6, 6.07) is 12.5. The van der Waals surface area contributed by atoms with Gasteiger partial charge in [-0.1, -0.05) is 41.9 Å². The van der Waals surface area contributed by atoms with E-state index in [0.29, 0.717) is 12.8 Å². The topological polar surface area (TPSA) is 37.4 Å². The van der Waals surface area contributed by atoms with Crippen LogP contribution in [0.3, 0.4) is 0 Å². The molecule has 0 aromatic heterocycles. The van der Waals surface area contributed by atoms with Gasteiger partial charge in [-0.15, -0.1) is 0 Å². The fourth-order valence-electron chi connectivity index (χ4n) is 4.31. The van der Waals surface area contributed by atoms with E-state index < -0.39 is 35.4 Å². The van der Waals surface area contributed by atoms with E-state index in [-0.39, 0.29) is 16.6 Å². The fourth-order valence-corrected chi connectivity index (χ4v) is 4.51. The van der Waals surface area contributed by atoms with Gasteiger partial charge in [-0.2, -0.15) is 13.2 Å². The number of carbonyl (C=O) groups is 2. The summed E-state index contributed by atoms with van der Waals surface area (Å²) in [6.07, 6.45) is -2.79. The molecule has 3 atom stereocenters. The van der Waals surface area contributed by atoms with Crippen LogP contribution in [0.25, 0.3) is 0 Å². The van der Waals surface area contributed by atoms with Crippen LogP contribution in [-0.4, -0.2) is 11.8 Å². The maximum absolute atomic E-state index is 13.1. The van der Waals surface area contributed by atoms with Gasteiger partial charge >= 0.3 is 6.18 Å². The predicted molar refractivity (Wildman–Crippen MR) is 99.0 cm³/mol. The van der Waals surface area contributed by atoms with Gasteiger partial charge in [-0.25, -0.2) is 4.90 Å². The third-order valence-corrected chi connectivity index (χ3v) is 6.03. The molecular formula is C21H17ClF3NO2. The summed E-state index contributed by atoms with van der Waals surface area (Å²) in [5.74, 6) is -1.80. The average molecular weight is 408 g/mol. The standard InChI is InChI=1S/C21H17ClF3NO2/c22-17-9-7-14(21(23,24)25)11-18(17)26-19(27)15-8-6-13(10-16(15)20(26)28)12-4-2-1-3-5-12/h1-5,7,9,11,13,15-16H,6,8,10H2/t13-,15-,16+/m1/s1. The number of hydrogen-bond acceptors (Lipinski definition) is 2. The zero-order valence-corrected chi connectivity index (χ0v) is 15.5. The summed E-state index contributed by atoms with van der Waals surface area (Å²) >= 11 is 6.07. The largest absolute Gasteiger partial charge is 0.416 e. The number of halogens is 4. The van der Waals surface area contributed by atoms with Crippen LogP contribution in [-0.2, 0) is 15.8 Å². The molecule has 2 aromatic carbocycles. The Bertz CT molecular complexity index is 929. The van der Waals surface area contributed by atoms with Crippen LogP contribution in [0.4, 0.5) is 18.9 Å². The van der Waals surface area contributed by atoms with Crippen LogP contribution in [0.2, 0.25) is 5.02 Å².